The van der Waals surface area contributed by atoms with Crippen LogP contribution < -0.4 is 10.5 Å². The Morgan fingerprint density at radius 3 is 2.28 bits per heavy atom. The van der Waals surface area contributed by atoms with Crippen LogP contribution in [0.2, 0.25) is 0 Å². The van der Waals surface area contributed by atoms with E-state index in [0.717, 1.165) is 66.0 Å². The minimum atomic E-state index is -0.946. The first-order chi connectivity index (χ1) is 16.9. The second kappa shape index (κ2) is 8.76. The minimum absolute atomic E-state index is 0.0666. The Kier molecular flexibility index (Phi) is 6.10. The Morgan fingerprint density at radius 2 is 1.75 bits per heavy atom. The van der Waals surface area contributed by atoms with Gasteiger partial charge in [-0.05, 0) is 112 Å². The third kappa shape index (κ3) is 3.89. The first-order valence-electron chi connectivity index (χ1n) is 13.2. The molecule has 3 heterocycles. The summed E-state index contributed by atoms with van der Waals surface area (Å²) in [5.74, 6) is 1.07. The van der Waals surface area contributed by atoms with Gasteiger partial charge in [0.2, 0.25) is 0 Å². The predicted octanol–water partition coefficient (Wildman–Crippen LogP) is 6.11. The number of hydrogen-bond donors (Lipinski definition) is 1. The van der Waals surface area contributed by atoms with E-state index in [-0.39, 0.29) is 17.8 Å². The van der Waals surface area contributed by atoms with Crippen molar-refractivity contribution in [3.05, 3.63) is 52.3 Å². The zero-order valence-electron chi connectivity index (χ0n) is 22.4. The molecule has 2 aromatic carbocycles. The van der Waals surface area contributed by atoms with E-state index in [0.29, 0.717) is 17.9 Å². The Morgan fingerprint density at radius 1 is 1.11 bits per heavy atom. The van der Waals surface area contributed by atoms with Crippen molar-refractivity contribution >= 4 is 6.09 Å². The van der Waals surface area contributed by atoms with Crippen LogP contribution >= 0.6 is 0 Å². The zero-order chi connectivity index (χ0) is 26.0. The molecule has 2 bridgehead atoms. The van der Waals surface area contributed by atoms with Gasteiger partial charge in [-0.1, -0.05) is 13.8 Å². The topological polar surface area (TPSA) is 64.8 Å². The number of primary amides is 1. The lowest BCUT2D eigenvalue weighted by molar-refractivity contribution is -0.157. The number of fused-ring (bicyclic) bond motifs is 4. The fourth-order valence-corrected chi connectivity index (χ4v) is 7.39. The molecule has 0 unspecified atom stereocenters. The van der Waals surface area contributed by atoms with Crippen LogP contribution in [-0.2, 0) is 16.8 Å². The van der Waals surface area contributed by atoms with Crippen LogP contribution in [0.25, 0.3) is 11.1 Å². The molecule has 6 heteroatoms. The van der Waals surface area contributed by atoms with Gasteiger partial charge in [-0.2, -0.15) is 0 Å². The number of carbonyl (C=O) groups is 1. The van der Waals surface area contributed by atoms with Gasteiger partial charge in [0.05, 0.1) is 6.10 Å². The third-order valence-electron chi connectivity index (χ3n) is 8.80. The van der Waals surface area contributed by atoms with Crippen LogP contribution in [0.4, 0.5) is 9.18 Å². The molecule has 5 nitrogen and oxygen atoms in total. The molecule has 3 aliphatic heterocycles. The summed E-state index contributed by atoms with van der Waals surface area (Å²) in [6.45, 7) is 15.3. The summed E-state index contributed by atoms with van der Waals surface area (Å²) < 4.78 is 28.1. The predicted molar refractivity (Wildman–Crippen MR) is 140 cm³/mol. The normalized spacial score (nSPS) is 28.3. The molecule has 36 heavy (non-hydrogen) atoms. The Balaban J connectivity index is 1.63. The molecule has 4 aliphatic rings. The highest BCUT2D eigenvalue weighted by atomic mass is 19.1. The number of ether oxygens (including phenoxy) is 2. The summed E-state index contributed by atoms with van der Waals surface area (Å²) >= 11 is 0. The van der Waals surface area contributed by atoms with Crippen molar-refractivity contribution < 1.29 is 18.7 Å². The molecular formula is C30H39FN2O3. The average Bonchev–Trinajstić information content (AvgIpc) is 3.02. The van der Waals surface area contributed by atoms with Gasteiger partial charge in [-0.15, -0.1) is 0 Å². The Bertz CT molecular complexity index is 1180. The molecule has 6 rings (SSSR count). The van der Waals surface area contributed by atoms with Crippen LogP contribution in [0, 0.1) is 36.9 Å². The monoisotopic (exact) mass is 494 g/mol. The molecule has 1 aliphatic carbocycles. The molecule has 1 amide bonds. The molecule has 3 saturated heterocycles. The van der Waals surface area contributed by atoms with Gasteiger partial charge < -0.3 is 20.1 Å². The van der Waals surface area contributed by atoms with Crippen molar-refractivity contribution in [2.75, 3.05) is 19.6 Å². The van der Waals surface area contributed by atoms with Crippen molar-refractivity contribution in [1.29, 1.82) is 0 Å². The van der Waals surface area contributed by atoms with Gasteiger partial charge in [0.25, 0.3) is 0 Å². The molecule has 2 aromatic rings. The highest BCUT2D eigenvalue weighted by Gasteiger charge is 2.63. The fraction of sp³-hybridized carbons (Fsp3) is 0.567. The van der Waals surface area contributed by atoms with Crippen LogP contribution in [0.1, 0.15) is 62.8 Å². The number of benzene rings is 2. The number of halogens is 1. The van der Waals surface area contributed by atoms with E-state index in [4.69, 9.17) is 15.2 Å². The van der Waals surface area contributed by atoms with E-state index in [9.17, 15) is 4.79 Å². The van der Waals surface area contributed by atoms with Crippen molar-refractivity contribution in [2.24, 2.45) is 23.0 Å². The largest absolute Gasteiger partial charge is 0.490 e. The van der Waals surface area contributed by atoms with Gasteiger partial charge in [0, 0.05) is 29.0 Å². The molecule has 0 saturated carbocycles. The molecular weight excluding hydrogens is 455 g/mol. The quantitative estimate of drug-likeness (QED) is 0.545. The zero-order valence-corrected chi connectivity index (χ0v) is 22.4. The van der Waals surface area contributed by atoms with Gasteiger partial charge in [-0.3, -0.25) is 0 Å². The summed E-state index contributed by atoms with van der Waals surface area (Å²) in [6, 6.07) is 7.59. The molecule has 194 valence electrons. The minimum Gasteiger partial charge on any atom is -0.490 e. The summed E-state index contributed by atoms with van der Waals surface area (Å²) in [5.41, 5.74) is 9.53. The first-order valence-corrected chi connectivity index (χ1v) is 13.2. The van der Waals surface area contributed by atoms with E-state index >= 15 is 4.39 Å². The second-order valence-electron chi connectivity index (χ2n) is 12.1. The maximum absolute atomic E-state index is 16.0. The maximum atomic E-state index is 16.0. The molecule has 2 N–H and O–H groups in total. The lowest BCUT2D eigenvalue weighted by Crippen LogP contribution is -2.60. The number of piperidine rings is 3. The van der Waals surface area contributed by atoms with Gasteiger partial charge in [-0.25, -0.2) is 9.18 Å². The molecule has 3 fully saturated rings. The van der Waals surface area contributed by atoms with E-state index in [1.54, 1.807) is 6.07 Å². The van der Waals surface area contributed by atoms with Crippen molar-refractivity contribution in [3.8, 4) is 16.9 Å². The number of nitrogens with two attached hydrogens (primary N) is 1. The highest BCUT2D eigenvalue weighted by Crippen LogP contribution is 2.61. The molecule has 0 aromatic heterocycles. The molecule has 2 atom stereocenters. The van der Waals surface area contributed by atoms with Crippen LogP contribution in [0.3, 0.4) is 0 Å². The van der Waals surface area contributed by atoms with E-state index < -0.39 is 17.1 Å². The fourth-order valence-electron chi connectivity index (χ4n) is 7.39. The highest BCUT2D eigenvalue weighted by molar-refractivity contribution is 5.71. The van der Waals surface area contributed by atoms with Crippen LogP contribution in [0.5, 0.6) is 5.75 Å². The number of carbonyl (C=O) groups excluding carboxylic acids is 1. The second-order valence-corrected chi connectivity index (χ2v) is 12.1. The van der Waals surface area contributed by atoms with Crippen LogP contribution in [-0.4, -0.2) is 36.7 Å². The summed E-state index contributed by atoms with van der Waals surface area (Å²) in [6.07, 6.45) is 2.12. The van der Waals surface area contributed by atoms with Gasteiger partial charge >= 0.3 is 6.09 Å². The van der Waals surface area contributed by atoms with E-state index in [1.807, 2.05) is 45.9 Å². The Labute approximate surface area is 214 Å². The lowest BCUT2D eigenvalue weighted by Gasteiger charge is -2.55. The van der Waals surface area contributed by atoms with Gasteiger partial charge in [0.1, 0.15) is 17.2 Å². The maximum Gasteiger partial charge on any atom is 0.405 e. The van der Waals surface area contributed by atoms with Crippen molar-refractivity contribution in [3.63, 3.8) is 0 Å². The number of nitrogens with zero attached hydrogens (tertiary/aromatic N) is 1. The molecule has 0 spiro atoms. The van der Waals surface area contributed by atoms with Crippen LogP contribution in [0.15, 0.2) is 24.3 Å². The standard InChI is InChI=1S/C30H39FN2O3/c1-17(2)35-27-18(3)11-21(12-19(27)4)23-13-22-15-29(5,6)30(36-28(32)34,24(22)14-26(23)31)25-16-33-9-7-20(25)8-10-33/h11-14,17,20,25H,7-10,15-16H2,1-6H3,(H2,32,34)/t25-,30-/m1/s1. The summed E-state index contributed by atoms with van der Waals surface area (Å²) in [5, 5.41) is 0. The average molecular weight is 495 g/mol. The summed E-state index contributed by atoms with van der Waals surface area (Å²) in [7, 11) is 0. The smallest absolute Gasteiger partial charge is 0.405 e. The van der Waals surface area contributed by atoms with Gasteiger partial charge in [0.15, 0.2) is 0 Å². The third-order valence-corrected chi connectivity index (χ3v) is 8.80. The number of rotatable bonds is 5. The first kappa shape index (κ1) is 25.1. The van der Waals surface area contributed by atoms with Crippen molar-refractivity contribution in [1.82, 2.24) is 4.90 Å². The molecule has 0 radical (unpaired) electrons. The van der Waals surface area contributed by atoms with E-state index in [2.05, 4.69) is 18.7 Å². The number of amides is 1. The SMILES string of the molecule is Cc1cc(-c2cc3c(cc2F)[C@@](OC(N)=O)([C@@H]2CN4CCC2CC4)C(C)(C)C3)cc(C)c1OC(C)C. The Hall–Kier alpha value is -2.60. The van der Waals surface area contributed by atoms with E-state index in [1.165, 1.54) is 0 Å². The lowest BCUT2D eigenvalue weighted by atomic mass is 9.60. The number of aryl methyl sites for hydroxylation is 2. The van der Waals surface area contributed by atoms with Crippen molar-refractivity contribution in [2.45, 2.75) is 72.5 Å². The summed E-state index contributed by atoms with van der Waals surface area (Å²) in [4.78, 5) is 14.8. The number of hydrogen-bond acceptors (Lipinski definition) is 4.